The number of amides is 2. The molecule has 3 aromatic rings. The third-order valence-electron chi connectivity index (χ3n) is 5.11. The van der Waals surface area contributed by atoms with E-state index in [0.717, 1.165) is 16.8 Å². The minimum Gasteiger partial charge on any atom is -0.492 e. The number of nitrogens with zero attached hydrogens (tertiary/aromatic N) is 1. The van der Waals surface area contributed by atoms with Gasteiger partial charge in [0.1, 0.15) is 11.4 Å². The summed E-state index contributed by atoms with van der Waals surface area (Å²) in [5.41, 5.74) is 4.37. The summed E-state index contributed by atoms with van der Waals surface area (Å²) < 4.78 is 5.69. The summed E-state index contributed by atoms with van der Waals surface area (Å²) in [5, 5.41) is 3.76. The molecule has 2 amide bonds. The van der Waals surface area contributed by atoms with Crippen molar-refractivity contribution in [2.75, 3.05) is 16.8 Å². The molecule has 0 fully saturated rings. The van der Waals surface area contributed by atoms with Crippen LogP contribution in [0.15, 0.2) is 72.4 Å². The number of carbonyl (C=O) groups excluding carboxylic acids is 2. The maximum atomic E-state index is 13.6. The van der Waals surface area contributed by atoms with Gasteiger partial charge in [-0.2, -0.15) is 0 Å². The fraction of sp³-hybridized carbons (Fsp3) is 0.154. The molecule has 1 aliphatic rings. The number of benzene rings is 3. The smallest absolute Gasteiger partial charge is 0.282 e. The topological polar surface area (TPSA) is 58.6 Å². The Bertz CT molecular complexity index is 1210. The second-order valence-corrected chi connectivity index (χ2v) is 8.04. The summed E-state index contributed by atoms with van der Waals surface area (Å²) in [7, 11) is 0. The molecule has 1 N–H and O–H groups in total. The van der Waals surface area contributed by atoms with Crippen LogP contribution in [0.2, 0.25) is 5.02 Å². The first-order valence-corrected chi connectivity index (χ1v) is 10.7. The van der Waals surface area contributed by atoms with E-state index in [4.69, 9.17) is 16.3 Å². The van der Waals surface area contributed by atoms with Crippen molar-refractivity contribution in [3.05, 3.63) is 94.1 Å². The van der Waals surface area contributed by atoms with Crippen LogP contribution < -0.4 is 15.0 Å². The van der Waals surface area contributed by atoms with Crippen LogP contribution >= 0.6 is 11.6 Å². The average molecular weight is 447 g/mol. The molecule has 3 aromatic carbocycles. The fourth-order valence-corrected chi connectivity index (χ4v) is 3.99. The molecule has 0 saturated heterocycles. The Balaban J connectivity index is 1.84. The summed E-state index contributed by atoms with van der Waals surface area (Å²) in [6, 6.07) is 19.8. The van der Waals surface area contributed by atoms with Gasteiger partial charge in [0, 0.05) is 10.7 Å². The minimum absolute atomic E-state index is 0.216. The first-order chi connectivity index (χ1) is 15.4. The van der Waals surface area contributed by atoms with Crippen molar-refractivity contribution in [1.29, 1.82) is 0 Å². The lowest BCUT2D eigenvalue weighted by atomic mass is 10.0. The van der Waals surface area contributed by atoms with Gasteiger partial charge in [0.2, 0.25) is 0 Å². The highest BCUT2D eigenvalue weighted by atomic mass is 35.5. The van der Waals surface area contributed by atoms with Gasteiger partial charge < -0.3 is 10.1 Å². The van der Waals surface area contributed by atoms with Crippen molar-refractivity contribution in [3.8, 4) is 5.75 Å². The number of rotatable bonds is 6. The van der Waals surface area contributed by atoms with Crippen LogP contribution in [0.3, 0.4) is 0 Å². The number of carbonyl (C=O) groups is 2. The van der Waals surface area contributed by atoms with E-state index in [2.05, 4.69) is 5.32 Å². The predicted molar refractivity (Wildman–Crippen MR) is 128 cm³/mol. The molecule has 1 aliphatic heterocycles. The summed E-state index contributed by atoms with van der Waals surface area (Å²) in [6.07, 6.45) is 0. The van der Waals surface area contributed by atoms with E-state index in [-0.39, 0.29) is 11.3 Å². The summed E-state index contributed by atoms with van der Waals surface area (Å²) in [4.78, 5) is 28.4. The van der Waals surface area contributed by atoms with Crippen molar-refractivity contribution in [3.63, 3.8) is 0 Å². The molecule has 0 aliphatic carbocycles. The zero-order valence-corrected chi connectivity index (χ0v) is 18.9. The number of ether oxygens (including phenoxy) is 1. The van der Waals surface area contributed by atoms with Gasteiger partial charge >= 0.3 is 0 Å². The highest BCUT2D eigenvalue weighted by Gasteiger charge is 2.41. The first-order valence-electron chi connectivity index (χ1n) is 10.3. The third kappa shape index (κ3) is 4.12. The molecule has 32 heavy (non-hydrogen) atoms. The van der Waals surface area contributed by atoms with Crippen LogP contribution in [0.4, 0.5) is 11.4 Å². The number of hydrogen-bond donors (Lipinski definition) is 1. The fourth-order valence-electron chi connectivity index (χ4n) is 3.86. The molecule has 0 bridgehead atoms. The molecular formula is C26H23ClN2O3. The van der Waals surface area contributed by atoms with E-state index in [1.54, 1.807) is 42.5 Å². The van der Waals surface area contributed by atoms with E-state index in [1.807, 2.05) is 45.0 Å². The van der Waals surface area contributed by atoms with Gasteiger partial charge in [-0.15, -0.1) is 0 Å². The Morgan fingerprint density at radius 1 is 0.906 bits per heavy atom. The Labute approximate surface area is 192 Å². The number of aryl methyl sites for hydroxylation is 2. The van der Waals surface area contributed by atoms with Crippen molar-refractivity contribution in [2.24, 2.45) is 0 Å². The summed E-state index contributed by atoms with van der Waals surface area (Å²) in [5.74, 6) is -0.387. The van der Waals surface area contributed by atoms with Crippen molar-refractivity contribution < 1.29 is 14.3 Å². The second kappa shape index (κ2) is 8.89. The highest BCUT2D eigenvalue weighted by molar-refractivity contribution is 6.46. The number of para-hydroxylation sites is 2. The van der Waals surface area contributed by atoms with Crippen LogP contribution in [0, 0.1) is 13.8 Å². The van der Waals surface area contributed by atoms with Gasteiger partial charge in [-0.1, -0.05) is 41.9 Å². The van der Waals surface area contributed by atoms with Crippen LogP contribution in [-0.2, 0) is 9.59 Å². The largest absolute Gasteiger partial charge is 0.492 e. The van der Waals surface area contributed by atoms with Crippen molar-refractivity contribution >= 4 is 40.4 Å². The molecule has 0 unspecified atom stereocenters. The molecule has 0 atom stereocenters. The number of hydrogen-bond acceptors (Lipinski definition) is 4. The standard InChI is InChI=1S/C26H23ClN2O3/c1-4-32-22-8-6-5-7-21(22)29-25(30)23(18-9-11-19(27)12-10-18)24(26(29)31)28-20-14-16(2)13-17(3)15-20/h5-15,28H,4H2,1-3H3. The Hall–Kier alpha value is -3.57. The van der Waals surface area contributed by atoms with Crippen LogP contribution in [0.1, 0.15) is 23.6 Å². The van der Waals surface area contributed by atoms with Crippen LogP contribution in [-0.4, -0.2) is 18.4 Å². The SMILES string of the molecule is CCOc1ccccc1N1C(=O)C(Nc2cc(C)cc(C)c2)=C(c2ccc(Cl)cc2)C1=O. The van der Waals surface area contributed by atoms with Crippen molar-refractivity contribution in [2.45, 2.75) is 20.8 Å². The van der Waals surface area contributed by atoms with Gasteiger partial charge in [-0.25, -0.2) is 4.90 Å². The van der Waals surface area contributed by atoms with Crippen LogP contribution in [0.25, 0.3) is 5.57 Å². The Morgan fingerprint density at radius 3 is 2.22 bits per heavy atom. The molecule has 1 heterocycles. The maximum Gasteiger partial charge on any atom is 0.282 e. The second-order valence-electron chi connectivity index (χ2n) is 7.60. The number of anilines is 2. The lowest BCUT2D eigenvalue weighted by Gasteiger charge is -2.19. The quantitative estimate of drug-likeness (QED) is 0.489. The van der Waals surface area contributed by atoms with Crippen LogP contribution in [0.5, 0.6) is 5.75 Å². The van der Waals surface area contributed by atoms with Gasteiger partial charge in [-0.3, -0.25) is 9.59 Å². The Kier molecular flexibility index (Phi) is 6.01. The molecule has 0 radical (unpaired) electrons. The van der Waals surface area contributed by atoms with Crippen molar-refractivity contribution in [1.82, 2.24) is 0 Å². The van der Waals surface area contributed by atoms with E-state index in [9.17, 15) is 9.59 Å². The first kappa shape index (κ1) is 21.7. The zero-order valence-electron chi connectivity index (χ0n) is 18.1. The molecule has 6 heteroatoms. The molecule has 0 saturated carbocycles. The third-order valence-corrected chi connectivity index (χ3v) is 5.37. The number of imide groups is 1. The summed E-state index contributed by atoms with van der Waals surface area (Å²) in [6.45, 7) is 6.24. The average Bonchev–Trinajstić information content (AvgIpc) is 2.98. The van der Waals surface area contributed by atoms with E-state index in [0.29, 0.717) is 28.6 Å². The molecular weight excluding hydrogens is 424 g/mol. The lowest BCUT2D eigenvalue weighted by Crippen LogP contribution is -2.32. The zero-order chi connectivity index (χ0) is 22.8. The van der Waals surface area contributed by atoms with Gasteiger partial charge in [0.25, 0.3) is 11.8 Å². The summed E-state index contributed by atoms with van der Waals surface area (Å²) >= 11 is 6.05. The van der Waals surface area contributed by atoms with Gasteiger partial charge in [-0.05, 0) is 73.9 Å². The molecule has 0 aromatic heterocycles. The maximum absolute atomic E-state index is 13.6. The molecule has 0 spiro atoms. The van der Waals surface area contributed by atoms with E-state index >= 15 is 0 Å². The van der Waals surface area contributed by atoms with E-state index < -0.39 is 11.8 Å². The monoisotopic (exact) mass is 446 g/mol. The predicted octanol–water partition coefficient (Wildman–Crippen LogP) is 5.75. The molecule has 4 rings (SSSR count). The highest BCUT2D eigenvalue weighted by Crippen LogP contribution is 2.38. The molecule has 162 valence electrons. The Morgan fingerprint density at radius 2 is 1.56 bits per heavy atom. The van der Waals surface area contributed by atoms with Gasteiger partial charge in [0.05, 0.1) is 17.9 Å². The number of nitrogens with one attached hydrogen (secondary N) is 1. The normalized spacial score (nSPS) is 13.7. The minimum atomic E-state index is -0.439. The van der Waals surface area contributed by atoms with Gasteiger partial charge in [0.15, 0.2) is 0 Å². The lowest BCUT2D eigenvalue weighted by molar-refractivity contribution is -0.120. The number of halogens is 1. The van der Waals surface area contributed by atoms with E-state index in [1.165, 1.54) is 4.90 Å². The molecule has 5 nitrogen and oxygen atoms in total.